The van der Waals surface area contributed by atoms with Gasteiger partial charge in [0.2, 0.25) is 0 Å². The normalized spacial score (nSPS) is 19.0. The summed E-state index contributed by atoms with van der Waals surface area (Å²) in [7, 11) is 1.64. The molecule has 2 aliphatic rings. The molecule has 3 heterocycles. The van der Waals surface area contributed by atoms with Gasteiger partial charge in [0.15, 0.2) is 6.29 Å². The molecule has 0 atom stereocenters. The third-order valence-corrected chi connectivity index (χ3v) is 5.81. The molecule has 2 saturated heterocycles. The Morgan fingerprint density at radius 3 is 2.54 bits per heavy atom. The maximum atomic E-state index is 12.8. The molecule has 6 nitrogen and oxygen atoms in total. The van der Waals surface area contributed by atoms with Gasteiger partial charge in [-0.25, -0.2) is 4.98 Å². The zero-order chi connectivity index (χ0) is 17.9. The first-order valence-corrected chi connectivity index (χ1v) is 9.75. The van der Waals surface area contributed by atoms with Gasteiger partial charge in [-0.15, -0.1) is 11.3 Å². The highest BCUT2D eigenvalue weighted by Crippen LogP contribution is 2.29. The second-order valence-corrected chi connectivity index (χ2v) is 7.36. The van der Waals surface area contributed by atoms with E-state index in [0.717, 1.165) is 42.3 Å². The number of thiazole rings is 1. The molecule has 7 heteroatoms. The second kappa shape index (κ2) is 7.73. The maximum Gasteiger partial charge on any atom is 0.273 e. The predicted molar refractivity (Wildman–Crippen MR) is 98.4 cm³/mol. The van der Waals surface area contributed by atoms with Crippen molar-refractivity contribution < 1.29 is 19.0 Å². The lowest BCUT2D eigenvalue weighted by molar-refractivity contribution is -0.0956. The van der Waals surface area contributed by atoms with Crippen LogP contribution in [0.2, 0.25) is 0 Å². The molecule has 26 heavy (non-hydrogen) atoms. The summed E-state index contributed by atoms with van der Waals surface area (Å²) in [6, 6.07) is 7.71. The first-order chi connectivity index (χ1) is 12.7. The van der Waals surface area contributed by atoms with Crippen LogP contribution in [0.15, 0.2) is 29.6 Å². The van der Waals surface area contributed by atoms with E-state index in [1.54, 1.807) is 7.11 Å². The molecule has 0 radical (unpaired) electrons. The first kappa shape index (κ1) is 17.5. The number of amides is 1. The number of carbonyl (C=O) groups is 1. The van der Waals surface area contributed by atoms with Crippen LogP contribution >= 0.6 is 11.3 Å². The zero-order valence-electron chi connectivity index (χ0n) is 14.7. The Balaban J connectivity index is 1.38. The van der Waals surface area contributed by atoms with Crippen molar-refractivity contribution in [1.82, 2.24) is 9.88 Å². The number of ether oxygens (including phenoxy) is 3. The summed E-state index contributed by atoms with van der Waals surface area (Å²) >= 11 is 1.49. The van der Waals surface area contributed by atoms with E-state index < -0.39 is 0 Å². The molecule has 4 rings (SSSR count). The molecule has 138 valence electrons. The van der Waals surface area contributed by atoms with Crippen molar-refractivity contribution in [2.45, 2.75) is 19.1 Å². The topological polar surface area (TPSA) is 60.9 Å². The van der Waals surface area contributed by atoms with Gasteiger partial charge in [0.05, 0.1) is 20.3 Å². The molecule has 2 aromatic rings. The standard InChI is InChI=1S/C19H22N2O4S/c1-23-15-4-2-13(3-5-15)17-20-16(12-26-17)18(22)21-8-6-14(7-9-21)19-24-10-11-25-19/h2-5,12,14,19H,6-11H2,1H3. The monoisotopic (exact) mass is 374 g/mol. The maximum absolute atomic E-state index is 12.8. The van der Waals surface area contributed by atoms with Crippen molar-refractivity contribution in [3.63, 3.8) is 0 Å². The lowest BCUT2D eigenvalue weighted by Gasteiger charge is -2.33. The van der Waals surface area contributed by atoms with Gasteiger partial charge in [-0.3, -0.25) is 4.79 Å². The Morgan fingerprint density at radius 1 is 1.19 bits per heavy atom. The number of aromatic nitrogens is 1. The second-order valence-electron chi connectivity index (χ2n) is 6.51. The van der Waals surface area contributed by atoms with Crippen LogP contribution in [0.3, 0.4) is 0 Å². The van der Waals surface area contributed by atoms with Crippen LogP contribution in [0.4, 0.5) is 0 Å². The lowest BCUT2D eigenvalue weighted by atomic mass is 9.96. The number of carbonyl (C=O) groups excluding carboxylic acids is 1. The summed E-state index contributed by atoms with van der Waals surface area (Å²) in [5.74, 6) is 1.19. The fourth-order valence-corrected chi connectivity index (χ4v) is 4.22. The summed E-state index contributed by atoms with van der Waals surface area (Å²) in [6.45, 7) is 2.80. The van der Waals surface area contributed by atoms with Gasteiger partial charge in [0.1, 0.15) is 16.5 Å². The summed E-state index contributed by atoms with van der Waals surface area (Å²) in [5.41, 5.74) is 1.51. The average Bonchev–Trinajstić information content (AvgIpc) is 3.40. The molecule has 0 aliphatic carbocycles. The highest BCUT2D eigenvalue weighted by molar-refractivity contribution is 7.13. The Labute approximate surface area is 156 Å². The van der Waals surface area contributed by atoms with Gasteiger partial charge in [-0.2, -0.15) is 0 Å². The van der Waals surface area contributed by atoms with E-state index in [-0.39, 0.29) is 12.2 Å². The highest BCUT2D eigenvalue weighted by Gasteiger charge is 2.32. The molecule has 1 aromatic carbocycles. The Kier molecular flexibility index (Phi) is 5.19. The predicted octanol–water partition coefficient (Wildman–Crippen LogP) is 3.04. The van der Waals surface area contributed by atoms with Gasteiger partial charge in [-0.05, 0) is 37.1 Å². The Bertz CT molecular complexity index is 747. The minimum atomic E-state index is -0.0896. The fourth-order valence-electron chi connectivity index (χ4n) is 3.42. The molecule has 0 spiro atoms. The zero-order valence-corrected chi connectivity index (χ0v) is 15.5. The van der Waals surface area contributed by atoms with Crippen molar-refractivity contribution in [3.8, 4) is 16.3 Å². The first-order valence-electron chi connectivity index (χ1n) is 8.87. The summed E-state index contributed by atoms with van der Waals surface area (Å²) < 4.78 is 16.4. The summed E-state index contributed by atoms with van der Waals surface area (Å²) in [6.07, 6.45) is 1.73. The van der Waals surface area contributed by atoms with E-state index in [2.05, 4.69) is 4.98 Å². The van der Waals surface area contributed by atoms with E-state index in [1.807, 2.05) is 34.5 Å². The Morgan fingerprint density at radius 2 is 1.88 bits per heavy atom. The van der Waals surface area contributed by atoms with Crippen LogP contribution < -0.4 is 4.74 Å². The Hall–Kier alpha value is -1.96. The van der Waals surface area contributed by atoms with Gasteiger partial charge >= 0.3 is 0 Å². The lowest BCUT2D eigenvalue weighted by Crippen LogP contribution is -2.41. The van der Waals surface area contributed by atoms with Crippen molar-refractivity contribution in [2.24, 2.45) is 5.92 Å². The van der Waals surface area contributed by atoms with Gasteiger partial charge in [0.25, 0.3) is 5.91 Å². The number of benzene rings is 1. The smallest absolute Gasteiger partial charge is 0.273 e. The van der Waals surface area contributed by atoms with Gasteiger partial charge in [0, 0.05) is 30.0 Å². The van der Waals surface area contributed by atoms with Crippen molar-refractivity contribution in [1.29, 1.82) is 0 Å². The van der Waals surface area contributed by atoms with Crippen LogP contribution in [0.5, 0.6) is 5.75 Å². The van der Waals surface area contributed by atoms with Crippen LogP contribution in [-0.4, -0.2) is 55.5 Å². The van der Waals surface area contributed by atoms with E-state index in [0.29, 0.717) is 24.8 Å². The molecule has 2 aliphatic heterocycles. The third kappa shape index (κ3) is 3.60. The average molecular weight is 374 g/mol. The SMILES string of the molecule is COc1ccc(-c2nc(C(=O)N3CCC(C4OCCO4)CC3)cs2)cc1. The number of piperidine rings is 1. The molecule has 0 N–H and O–H groups in total. The van der Waals surface area contributed by atoms with Crippen molar-refractivity contribution in [3.05, 3.63) is 35.3 Å². The van der Waals surface area contributed by atoms with Crippen LogP contribution in [0, 0.1) is 5.92 Å². The van der Waals surface area contributed by atoms with Gasteiger partial charge in [-0.1, -0.05) is 0 Å². The number of rotatable bonds is 4. The van der Waals surface area contributed by atoms with Crippen molar-refractivity contribution >= 4 is 17.2 Å². The molecule has 1 amide bonds. The van der Waals surface area contributed by atoms with Crippen LogP contribution in [-0.2, 0) is 9.47 Å². The molecule has 2 fully saturated rings. The summed E-state index contributed by atoms with van der Waals surface area (Å²) in [5, 5.41) is 2.69. The molecule has 0 bridgehead atoms. The summed E-state index contributed by atoms with van der Waals surface area (Å²) in [4.78, 5) is 19.2. The van der Waals surface area contributed by atoms with Gasteiger partial charge < -0.3 is 19.1 Å². The van der Waals surface area contributed by atoms with Crippen LogP contribution in [0.25, 0.3) is 10.6 Å². The fraction of sp³-hybridized carbons (Fsp3) is 0.474. The van der Waals surface area contributed by atoms with E-state index in [4.69, 9.17) is 14.2 Å². The van der Waals surface area contributed by atoms with E-state index >= 15 is 0 Å². The molecule has 1 aromatic heterocycles. The number of methoxy groups -OCH3 is 1. The largest absolute Gasteiger partial charge is 0.497 e. The highest BCUT2D eigenvalue weighted by atomic mass is 32.1. The molecule has 0 saturated carbocycles. The van der Waals surface area contributed by atoms with E-state index in [1.165, 1.54) is 11.3 Å². The number of likely N-dealkylation sites (tertiary alicyclic amines) is 1. The van der Waals surface area contributed by atoms with Crippen LogP contribution in [0.1, 0.15) is 23.3 Å². The van der Waals surface area contributed by atoms with Crippen molar-refractivity contribution in [2.75, 3.05) is 33.4 Å². The van der Waals surface area contributed by atoms with E-state index in [9.17, 15) is 4.79 Å². The molecular weight excluding hydrogens is 352 g/mol. The molecule has 0 unspecified atom stereocenters. The molecular formula is C19H22N2O4S. The third-order valence-electron chi connectivity index (χ3n) is 4.92. The number of hydrogen-bond donors (Lipinski definition) is 0. The minimum Gasteiger partial charge on any atom is -0.497 e. The number of hydrogen-bond acceptors (Lipinski definition) is 6. The number of nitrogens with zero attached hydrogens (tertiary/aromatic N) is 2. The quantitative estimate of drug-likeness (QED) is 0.823. The minimum absolute atomic E-state index is 0.00715.